The third-order valence-electron chi connectivity index (χ3n) is 5.61. The zero-order valence-corrected chi connectivity index (χ0v) is 18.9. The number of benzene rings is 2. The molecule has 0 atom stereocenters. The third kappa shape index (κ3) is 4.66. The number of anilines is 1. The molecule has 1 N–H and O–H groups in total. The summed E-state index contributed by atoms with van der Waals surface area (Å²) in [6, 6.07) is 9.65. The fourth-order valence-electron chi connectivity index (χ4n) is 3.73. The highest BCUT2D eigenvalue weighted by Crippen LogP contribution is 2.36. The first kappa shape index (κ1) is 22.0. The van der Waals surface area contributed by atoms with Crippen molar-refractivity contribution in [3.05, 3.63) is 57.6 Å². The number of methoxy groups -OCH3 is 1. The number of amides is 1. The van der Waals surface area contributed by atoms with Crippen molar-refractivity contribution in [2.24, 2.45) is 0 Å². The SMILES string of the molecule is COc1ccc(C)c2sc(N3CCN(CCNC(=O)c4ccc([N+](=O)[O-])cc4)CC3)nc12. The molecule has 1 aliphatic rings. The number of aromatic nitrogens is 1. The number of piperazine rings is 1. The van der Waals surface area contributed by atoms with E-state index in [2.05, 4.69) is 28.1 Å². The van der Waals surface area contributed by atoms with Gasteiger partial charge in [-0.05, 0) is 30.7 Å². The standard InChI is InChI=1S/C22H25N5O4S/c1-15-3-8-18(31-2)19-20(15)32-22(24-19)26-13-11-25(12-14-26)10-9-23-21(28)16-4-6-17(7-5-16)27(29)30/h3-8H,9-14H2,1-2H3,(H,23,28). The van der Waals surface area contributed by atoms with Crippen LogP contribution in [-0.4, -0.2) is 67.1 Å². The summed E-state index contributed by atoms with van der Waals surface area (Å²) in [6.45, 7) is 6.88. The van der Waals surface area contributed by atoms with Gasteiger partial charge in [0, 0.05) is 57.0 Å². The minimum absolute atomic E-state index is 0.0267. The molecule has 0 saturated carbocycles. The van der Waals surface area contributed by atoms with Crippen LogP contribution in [0.1, 0.15) is 15.9 Å². The van der Waals surface area contributed by atoms with Crippen molar-refractivity contribution in [1.29, 1.82) is 0 Å². The summed E-state index contributed by atoms with van der Waals surface area (Å²) in [5, 5.41) is 14.6. The highest BCUT2D eigenvalue weighted by Gasteiger charge is 2.21. The van der Waals surface area contributed by atoms with Gasteiger partial charge in [0.15, 0.2) is 5.13 Å². The summed E-state index contributed by atoms with van der Waals surface area (Å²) >= 11 is 1.70. The maximum absolute atomic E-state index is 12.2. The van der Waals surface area contributed by atoms with Gasteiger partial charge in [-0.15, -0.1) is 0 Å². The van der Waals surface area contributed by atoms with Crippen LogP contribution >= 0.6 is 11.3 Å². The molecule has 1 saturated heterocycles. The number of carbonyl (C=O) groups is 1. The topological polar surface area (TPSA) is 101 Å². The average molecular weight is 456 g/mol. The molecule has 9 nitrogen and oxygen atoms in total. The Kier molecular flexibility index (Phi) is 6.52. The molecule has 2 heterocycles. The highest BCUT2D eigenvalue weighted by molar-refractivity contribution is 7.22. The number of rotatable bonds is 7. The maximum Gasteiger partial charge on any atom is 0.269 e. The lowest BCUT2D eigenvalue weighted by Gasteiger charge is -2.34. The molecule has 10 heteroatoms. The number of nitro benzene ring substituents is 1. The minimum atomic E-state index is -0.479. The Morgan fingerprint density at radius 1 is 1.19 bits per heavy atom. The summed E-state index contributed by atoms with van der Waals surface area (Å²) in [5.41, 5.74) is 2.51. The van der Waals surface area contributed by atoms with E-state index >= 15 is 0 Å². The number of nitrogens with zero attached hydrogens (tertiary/aromatic N) is 4. The lowest BCUT2D eigenvalue weighted by Crippen LogP contribution is -2.48. The van der Waals surface area contributed by atoms with E-state index in [1.165, 1.54) is 29.8 Å². The molecule has 0 aliphatic carbocycles. The van der Waals surface area contributed by atoms with Crippen molar-refractivity contribution in [1.82, 2.24) is 15.2 Å². The Morgan fingerprint density at radius 2 is 1.91 bits per heavy atom. The van der Waals surface area contributed by atoms with Gasteiger partial charge in [-0.1, -0.05) is 17.4 Å². The van der Waals surface area contributed by atoms with Gasteiger partial charge in [0.2, 0.25) is 0 Å². The quantitative estimate of drug-likeness (QED) is 0.432. The predicted octanol–water partition coefficient (Wildman–Crippen LogP) is 3.07. The molecule has 1 aliphatic heterocycles. The molecule has 1 aromatic heterocycles. The Balaban J connectivity index is 1.27. The van der Waals surface area contributed by atoms with Gasteiger partial charge in [0.1, 0.15) is 11.3 Å². The molecule has 1 fully saturated rings. The van der Waals surface area contributed by atoms with Crippen molar-refractivity contribution in [2.75, 3.05) is 51.3 Å². The van der Waals surface area contributed by atoms with E-state index in [1.807, 2.05) is 6.07 Å². The second-order valence-electron chi connectivity index (χ2n) is 7.65. The first-order chi connectivity index (χ1) is 15.5. The van der Waals surface area contributed by atoms with Gasteiger partial charge in [-0.3, -0.25) is 19.8 Å². The Hall–Kier alpha value is -3.24. The summed E-state index contributed by atoms with van der Waals surface area (Å²) in [5.74, 6) is 0.577. The van der Waals surface area contributed by atoms with Crippen LogP contribution in [0.4, 0.5) is 10.8 Å². The molecule has 32 heavy (non-hydrogen) atoms. The number of fused-ring (bicyclic) bond motifs is 1. The molecule has 0 spiro atoms. The lowest BCUT2D eigenvalue weighted by atomic mass is 10.2. The maximum atomic E-state index is 12.2. The zero-order valence-electron chi connectivity index (χ0n) is 18.0. The molecule has 2 aromatic carbocycles. The van der Waals surface area contributed by atoms with E-state index in [0.717, 1.165) is 53.8 Å². The molecule has 0 unspecified atom stereocenters. The zero-order chi connectivity index (χ0) is 22.7. The number of nitro groups is 1. The van der Waals surface area contributed by atoms with Gasteiger partial charge in [0.25, 0.3) is 11.6 Å². The van der Waals surface area contributed by atoms with E-state index in [4.69, 9.17) is 9.72 Å². The summed E-state index contributed by atoms with van der Waals surface area (Å²) in [4.78, 5) is 31.9. The van der Waals surface area contributed by atoms with Gasteiger partial charge < -0.3 is 15.0 Å². The van der Waals surface area contributed by atoms with Crippen molar-refractivity contribution in [2.45, 2.75) is 6.92 Å². The van der Waals surface area contributed by atoms with Gasteiger partial charge in [0.05, 0.1) is 16.7 Å². The number of nitrogens with one attached hydrogen (secondary N) is 1. The van der Waals surface area contributed by atoms with Crippen LogP contribution in [0.25, 0.3) is 10.2 Å². The van der Waals surface area contributed by atoms with E-state index < -0.39 is 4.92 Å². The minimum Gasteiger partial charge on any atom is -0.494 e. The number of ether oxygens (including phenoxy) is 1. The molecule has 3 aromatic rings. The highest BCUT2D eigenvalue weighted by atomic mass is 32.1. The number of carbonyl (C=O) groups excluding carboxylic acids is 1. The second kappa shape index (κ2) is 9.49. The van der Waals surface area contributed by atoms with E-state index in [0.29, 0.717) is 12.1 Å². The van der Waals surface area contributed by atoms with Crippen LogP contribution in [0.5, 0.6) is 5.75 Å². The Bertz CT molecular complexity index is 1120. The Morgan fingerprint density at radius 3 is 2.56 bits per heavy atom. The fourth-order valence-corrected chi connectivity index (χ4v) is 4.83. The second-order valence-corrected chi connectivity index (χ2v) is 8.62. The summed E-state index contributed by atoms with van der Waals surface area (Å²) < 4.78 is 6.63. The largest absolute Gasteiger partial charge is 0.494 e. The third-order valence-corrected chi connectivity index (χ3v) is 6.86. The van der Waals surface area contributed by atoms with Crippen molar-refractivity contribution in [3.8, 4) is 5.75 Å². The first-order valence-electron chi connectivity index (χ1n) is 10.4. The van der Waals surface area contributed by atoms with Gasteiger partial charge in [-0.25, -0.2) is 4.98 Å². The summed E-state index contributed by atoms with van der Waals surface area (Å²) in [6.07, 6.45) is 0. The van der Waals surface area contributed by atoms with Crippen LogP contribution in [-0.2, 0) is 0 Å². The van der Waals surface area contributed by atoms with Crippen LogP contribution < -0.4 is 15.0 Å². The van der Waals surface area contributed by atoms with E-state index in [-0.39, 0.29) is 11.6 Å². The molecular weight excluding hydrogens is 430 g/mol. The molecule has 4 rings (SSSR count). The number of hydrogen-bond donors (Lipinski definition) is 1. The lowest BCUT2D eigenvalue weighted by molar-refractivity contribution is -0.384. The molecular formula is C22H25N5O4S. The van der Waals surface area contributed by atoms with Crippen LogP contribution in [0.15, 0.2) is 36.4 Å². The monoisotopic (exact) mass is 455 g/mol. The van der Waals surface area contributed by atoms with Crippen LogP contribution in [0.2, 0.25) is 0 Å². The normalized spacial score (nSPS) is 14.5. The molecule has 0 radical (unpaired) electrons. The Labute approximate surface area is 189 Å². The van der Waals surface area contributed by atoms with Crippen LogP contribution in [0.3, 0.4) is 0 Å². The van der Waals surface area contributed by atoms with Crippen LogP contribution in [0, 0.1) is 17.0 Å². The molecule has 1 amide bonds. The van der Waals surface area contributed by atoms with Gasteiger partial charge in [-0.2, -0.15) is 0 Å². The summed E-state index contributed by atoms with van der Waals surface area (Å²) in [7, 11) is 1.67. The van der Waals surface area contributed by atoms with Crippen molar-refractivity contribution >= 4 is 38.3 Å². The smallest absolute Gasteiger partial charge is 0.269 e. The number of hydrogen-bond acceptors (Lipinski definition) is 8. The number of non-ortho nitro benzene ring substituents is 1. The number of thiazole rings is 1. The first-order valence-corrected chi connectivity index (χ1v) is 11.2. The van der Waals surface area contributed by atoms with Gasteiger partial charge >= 0.3 is 0 Å². The average Bonchev–Trinajstić information content (AvgIpc) is 3.26. The molecule has 0 bridgehead atoms. The van der Waals surface area contributed by atoms with E-state index in [9.17, 15) is 14.9 Å². The fraction of sp³-hybridized carbons (Fsp3) is 0.364. The molecule has 168 valence electrons. The van der Waals surface area contributed by atoms with E-state index in [1.54, 1.807) is 18.4 Å². The number of aryl methyl sites for hydroxylation is 1. The van der Waals surface area contributed by atoms with Crippen molar-refractivity contribution in [3.63, 3.8) is 0 Å². The van der Waals surface area contributed by atoms with Crippen molar-refractivity contribution < 1.29 is 14.5 Å². The predicted molar refractivity (Wildman–Crippen MR) is 125 cm³/mol.